The highest BCUT2D eigenvalue weighted by atomic mass is 16.3. The fourth-order valence-corrected chi connectivity index (χ4v) is 4.56. The van der Waals surface area contributed by atoms with Gasteiger partial charge >= 0.3 is 6.03 Å². The minimum Gasteiger partial charge on any atom is -0.388 e. The molecule has 174 valence electrons. The second-order valence-corrected chi connectivity index (χ2v) is 8.46. The Bertz CT molecular complexity index is 1150. The highest BCUT2D eigenvalue weighted by Crippen LogP contribution is 2.46. The Morgan fingerprint density at radius 2 is 1.24 bits per heavy atom. The predicted octanol–water partition coefficient (Wildman–Crippen LogP) is 5.04. The monoisotopic (exact) mass is 456 g/mol. The third-order valence-electron chi connectivity index (χ3n) is 6.36. The van der Waals surface area contributed by atoms with Crippen LogP contribution in [0.3, 0.4) is 0 Å². The SMILES string of the molecule is CCC(=O)N1C(=O)N(C(=O)[C@H](C)[C@@H](O)c2ccccc2)[C@H](c2ccccc2)[C@H]1c1ccccc1. The van der Waals surface area contributed by atoms with Crippen LogP contribution in [0, 0.1) is 5.92 Å². The molecule has 1 heterocycles. The van der Waals surface area contributed by atoms with Crippen LogP contribution in [0.25, 0.3) is 0 Å². The average molecular weight is 457 g/mol. The molecule has 1 N–H and O–H groups in total. The van der Waals surface area contributed by atoms with Gasteiger partial charge in [0.05, 0.1) is 24.1 Å². The van der Waals surface area contributed by atoms with Crippen LogP contribution in [0.1, 0.15) is 55.1 Å². The van der Waals surface area contributed by atoms with Crippen molar-refractivity contribution in [2.45, 2.75) is 38.5 Å². The number of aliphatic hydroxyl groups is 1. The Morgan fingerprint density at radius 3 is 1.71 bits per heavy atom. The van der Waals surface area contributed by atoms with Crippen molar-refractivity contribution in [1.29, 1.82) is 0 Å². The van der Waals surface area contributed by atoms with E-state index < -0.39 is 36.0 Å². The summed E-state index contributed by atoms with van der Waals surface area (Å²) >= 11 is 0. The second-order valence-electron chi connectivity index (χ2n) is 8.46. The molecule has 0 saturated carbocycles. The first kappa shape index (κ1) is 23.4. The fraction of sp³-hybridized carbons (Fsp3) is 0.250. The molecule has 0 spiro atoms. The molecule has 4 amide bonds. The highest BCUT2D eigenvalue weighted by Gasteiger charge is 2.53. The van der Waals surface area contributed by atoms with E-state index in [0.29, 0.717) is 5.56 Å². The Balaban J connectivity index is 1.81. The molecule has 0 aliphatic carbocycles. The van der Waals surface area contributed by atoms with E-state index in [9.17, 15) is 19.5 Å². The summed E-state index contributed by atoms with van der Waals surface area (Å²) < 4.78 is 0. The lowest BCUT2D eigenvalue weighted by Crippen LogP contribution is -2.42. The number of hydrogen-bond donors (Lipinski definition) is 1. The van der Waals surface area contributed by atoms with Crippen molar-refractivity contribution in [3.05, 3.63) is 108 Å². The first-order chi connectivity index (χ1) is 16.5. The van der Waals surface area contributed by atoms with Crippen molar-refractivity contribution >= 4 is 17.8 Å². The van der Waals surface area contributed by atoms with E-state index >= 15 is 0 Å². The number of carbonyl (C=O) groups excluding carboxylic acids is 3. The van der Waals surface area contributed by atoms with Crippen LogP contribution < -0.4 is 0 Å². The van der Waals surface area contributed by atoms with Crippen molar-refractivity contribution in [3.63, 3.8) is 0 Å². The van der Waals surface area contributed by atoms with E-state index in [4.69, 9.17) is 0 Å². The molecule has 0 bridgehead atoms. The molecule has 6 heteroatoms. The summed E-state index contributed by atoms with van der Waals surface area (Å²) in [4.78, 5) is 42.9. The van der Waals surface area contributed by atoms with Crippen molar-refractivity contribution < 1.29 is 19.5 Å². The van der Waals surface area contributed by atoms with E-state index in [0.717, 1.165) is 16.0 Å². The Kier molecular flexibility index (Phi) is 6.89. The van der Waals surface area contributed by atoms with Crippen LogP contribution in [0.2, 0.25) is 0 Å². The Hall–Kier alpha value is -3.77. The third kappa shape index (κ3) is 4.24. The van der Waals surface area contributed by atoms with Gasteiger partial charge in [0.2, 0.25) is 11.8 Å². The number of benzene rings is 3. The quantitative estimate of drug-likeness (QED) is 0.564. The molecular weight excluding hydrogens is 428 g/mol. The van der Waals surface area contributed by atoms with E-state index in [1.165, 1.54) is 4.90 Å². The molecular formula is C28H28N2O4. The lowest BCUT2D eigenvalue weighted by molar-refractivity contribution is -0.136. The molecule has 1 fully saturated rings. The Morgan fingerprint density at radius 1 is 0.794 bits per heavy atom. The summed E-state index contributed by atoms with van der Waals surface area (Å²) in [6, 6.07) is 25.4. The van der Waals surface area contributed by atoms with Gasteiger partial charge < -0.3 is 5.11 Å². The summed E-state index contributed by atoms with van der Waals surface area (Å²) in [5, 5.41) is 10.9. The van der Waals surface area contributed by atoms with Crippen LogP contribution in [-0.4, -0.2) is 32.8 Å². The van der Waals surface area contributed by atoms with Crippen molar-refractivity contribution in [2.24, 2.45) is 5.92 Å². The number of rotatable bonds is 6. The average Bonchev–Trinajstić information content (AvgIpc) is 3.21. The van der Waals surface area contributed by atoms with Gasteiger partial charge in [-0.3, -0.25) is 19.4 Å². The van der Waals surface area contributed by atoms with Crippen LogP contribution >= 0.6 is 0 Å². The smallest absolute Gasteiger partial charge is 0.334 e. The normalized spacial score (nSPS) is 19.7. The van der Waals surface area contributed by atoms with Gasteiger partial charge in [0.15, 0.2) is 0 Å². The van der Waals surface area contributed by atoms with Gasteiger partial charge in [-0.05, 0) is 16.7 Å². The first-order valence-corrected chi connectivity index (χ1v) is 11.5. The Labute approximate surface area is 199 Å². The lowest BCUT2D eigenvalue weighted by atomic mass is 9.91. The van der Waals surface area contributed by atoms with Crippen LogP contribution in [-0.2, 0) is 9.59 Å². The molecule has 1 aliphatic rings. The number of amides is 4. The fourth-order valence-electron chi connectivity index (χ4n) is 4.56. The molecule has 3 aromatic carbocycles. The molecule has 4 rings (SSSR count). The van der Waals surface area contributed by atoms with Crippen LogP contribution in [0.5, 0.6) is 0 Å². The zero-order chi connectivity index (χ0) is 24.2. The number of carbonyl (C=O) groups is 3. The standard InChI is InChI=1S/C28H28N2O4/c1-3-23(31)29-24(20-13-7-4-8-14-20)25(21-15-9-5-10-16-21)30(28(29)34)27(33)19(2)26(32)22-17-11-6-12-18-22/h4-19,24-26,32H,3H2,1-2H3/t19-,24-,25-,26-/m1/s1. The van der Waals surface area contributed by atoms with Crippen molar-refractivity contribution in [3.8, 4) is 0 Å². The predicted molar refractivity (Wildman–Crippen MR) is 128 cm³/mol. The third-order valence-corrected chi connectivity index (χ3v) is 6.36. The van der Waals surface area contributed by atoms with Gasteiger partial charge in [-0.1, -0.05) is 105 Å². The summed E-state index contributed by atoms with van der Waals surface area (Å²) in [6.07, 6.45) is -0.968. The topological polar surface area (TPSA) is 77.9 Å². The number of urea groups is 1. The lowest BCUT2D eigenvalue weighted by Gasteiger charge is -2.29. The minimum absolute atomic E-state index is 0.126. The van der Waals surface area contributed by atoms with E-state index in [-0.39, 0.29) is 12.3 Å². The van der Waals surface area contributed by atoms with Gasteiger partial charge in [-0.2, -0.15) is 0 Å². The molecule has 34 heavy (non-hydrogen) atoms. The van der Waals surface area contributed by atoms with Gasteiger partial charge in [0, 0.05) is 6.42 Å². The molecule has 1 aliphatic heterocycles. The molecule has 0 unspecified atom stereocenters. The maximum atomic E-state index is 13.8. The summed E-state index contributed by atoms with van der Waals surface area (Å²) in [5.74, 6) is -1.78. The zero-order valence-electron chi connectivity index (χ0n) is 19.2. The van der Waals surface area contributed by atoms with Crippen LogP contribution in [0.15, 0.2) is 91.0 Å². The summed E-state index contributed by atoms with van der Waals surface area (Å²) in [6.45, 7) is 3.30. The number of imide groups is 2. The van der Waals surface area contributed by atoms with Crippen molar-refractivity contribution in [2.75, 3.05) is 0 Å². The largest absolute Gasteiger partial charge is 0.388 e. The maximum absolute atomic E-state index is 13.8. The van der Waals surface area contributed by atoms with E-state index in [2.05, 4.69) is 0 Å². The number of hydrogen-bond acceptors (Lipinski definition) is 4. The highest BCUT2D eigenvalue weighted by molar-refractivity contribution is 6.05. The van der Waals surface area contributed by atoms with Crippen LogP contribution in [0.4, 0.5) is 4.79 Å². The van der Waals surface area contributed by atoms with Gasteiger partial charge in [-0.25, -0.2) is 4.79 Å². The number of nitrogens with zero attached hydrogens (tertiary/aromatic N) is 2. The molecule has 1 saturated heterocycles. The minimum atomic E-state index is -1.09. The van der Waals surface area contributed by atoms with E-state index in [1.807, 2.05) is 66.7 Å². The summed E-state index contributed by atoms with van der Waals surface area (Å²) in [7, 11) is 0. The molecule has 0 aromatic heterocycles. The summed E-state index contributed by atoms with van der Waals surface area (Å²) in [5.41, 5.74) is 2.09. The second kappa shape index (κ2) is 10.0. The van der Waals surface area contributed by atoms with Crippen molar-refractivity contribution in [1.82, 2.24) is 9.80 Å². The zero-order valence-corrected chi connectivity index (χ0v) is 19.2. The van der Waals surface area contributed by atoms with E-state index in [1.54, 1.807) is 38.1 Å². The number of aliphatic hydroxyl groups excluding tert-OH is 1. The maximum Gasteiger partial charge on any atom is 0.334 e. The molecule has 4 atom stereocenters. The molecule has 3 aromatic rings. The van der Waals surface area contributed by atoms with Gasteiger partial charge in [0.25, 0.3) is 0 Å². The van der Waals surface area contributed by atoms with Gasteiger partial charge in [0.1, 0.15) is 0 Å². The first-order valence-electron chi connectivity index (χ1n) is 11.5. The molecule has 6 nitrogen and oxygen atoms in total. The van der Waals surface area contributed by atoms with Gasteiger partial charge in [-0.15, -0.1) is 0 Å². The molecule has 0 radical (unpaired) electrons.